The topological polar surface area (TPSA) is 49.8 Å². The normalized spacial score (nSPS) is 18.7. The lowest BCUT2D eigenvalue weighted by Gasteiger charge is -2.27. The van der Waals surface area contributed by atoms with Gasteiger partial charge in [0.1, 0.15) is 0 Å². The first-order valence-electron chi connectivity index (χ1n) is 7.67. The van der Waals surface area contributed by atoms with E-state index in [0.29, 0.717) is 0 Å². The van der Waals surface area contributed by atoms with Crippen LogP contribution in [-0.4, -0.2) is 48.3 Å². The molecular formula is C15H29NO3. The highest BCUT2D eigenvalue weighted by Crippen LogP contribution is 2.21. The highest BCUT2D eigenvalue weighted by Gasteiger charge is 2.16. The molecule has 0 aliphatic carbocycles. The van der Waals surface area contributed by atoms with Crippen molar-refractivity contribution in [2.75, 3.05) is 26.3 Å². The fourth-order valence-electron chi connectivity index (χ4n) is 2.85. The van der Waals surface area contributed by atoms with Gasteiger partial charge in [-0.3, -0.25) is 4.79 Å². The number of hydrogen-bond donors (Lipinski definition) is 1. The van der Waals surface area contributed by atoms with Gasteiger partial charge in [0, 0.05) is 19.3 Å². The van der Waals surface area contributed by atoms with E-state index in [-0.39, 0.29) is 12.5 Å². The maximum atomic E-state index is 10.7. The molecule has 4 heteroatoms. The van der Waals surface area contributed by atoms with Crippen LogP contribution in [0.25, 0.3) is 0 Å². The van der Waals surface area contributed by atoms with Crippen molar-refractivity contribution in [3.63, 3.8) is 0 Å². The fraction of sp³-hybridized carbons (Fsp3) is 0.933. The lowest BCUT2D eigenvalue weighted by atomic mass is 9.94. The first-order valence-corrected chi connectivity index (χ1v) is 7.67. The zero-order chi connectivity index (χ0) is 14.1. The highest BCUT2D eigenvalue weighted by atomic mass is 16.5. The van der Waals surface area contributed by atoms with Gasteiger partial charge in [-0.25, -0.2) is 0 Å². The van der Waals surface area contributed by atoms with E-state index >= 15 is 0 Å². The summed E-state index contributed by atoms with van der Waals surface area (Å²) >= 11 is 0. The molecule has 1 aliphatic heterocycles. The maximum absolute atomic E-state index is 10.7. The predicted molar refractivity (Wildman–Crippen MR) is 76.4 cm³/mol. The third-order valence-corrected chi connectivity index (χ3v) is 4.15. The number of rotatable bonds is 9. The van der Waals surface area contributed by atoms with Crippen LogP contribution in [0.15, 0.2) is 0 Å². The second-order valence-electron chi connectivity index (χ2n) is 5.63. The predicted octanol–water partition coefficient (Wildman–Crippen LogP) is 2.77. The van der Waals surface area contributed by atoms with E-state index in [9.17, 15) is 4.79 Å². The minimum atomic E-state index is -0.701. The summed E-state index contributed by atoms with van der Waals surface area (Å²) < 4.78 is 5.37. The molecule has 0 radical (unpaired) electrons. The molecule has 0 aromatic rings. The molecule has 0 spiro atoms. The van der Waals surface area contributed by atoms with Gasteiger partial charge in [-0.1, -0.05) is 19.8 Å². The number of hydrogen-bond acceptors (Lipinski definition) is 3. The van der Waals surface area contributed by atoms with E-state index in [1.165, 1.54) is 32.1 Å². The third-order valence-electron chi connectivity index (χ3n) is 4.15. The van der Waals surface area contributed by atoms with Gasteiger partial charge in [0.15, 0.2) is 0 Å². The average molecular weight is 271 g/mol. The number of carbonyl (C=O) groups is 1. The number of nitrogens with zero attached hydrogens (tertiary/aromatic N) is 1. The Morgan fingerprint density at radius 1 is 1.37 bits per heavy atom. The zero-order valence-corrected chi connectivity index (χ0v) is 12.4. The van der Waals surface area contributed by atoms with Crippen molar-refractivity contribution in [3.8, 4) is 0 Å². The molecule has 0 saturated carbocycles. The summed E-state index contributed by atoms with van der Waals surface area (Å²) in [5.74, 6) is 0.147. The third kappa shape index (κ3) is 6.92. The lowest BCUT2D eigenvalue weighted by Crippen LogP contribution is -2.35. The molecule has 1 N–H and O–H groups in total. The lowest BCUT2D eigenvalue weighted by molar-refractivity contribution is -0.138. The van der Waals surface area contributed by atoms with Crippen LogP contribution in [0.4, 0.5) is 0 Å². The first-order chi connectivity index (χ1) is 9.13. The Morgan fingerprint density at radius 3 is 2.63 bits per heavy atom. The Balaban J connectivity index is 2.12. The van der Waals surface area contributed by atoms with E-state index in [2.05, 4.69) is 11.8 Å². The van der Waals surface area contributed by atoms with Gasteiger partial charge in [-0.2, -0.15) is 0 Å². The van der Waals surface area contributed by atoms with E-state index in [4.69, 9.17) is 9.84 Å². The molecule has 4 nitrogen and oxygen atoms in total. The number of carboxylic acid groups (broad SMARTS) is 1. The minimum absolute atomic E-state index is 0.144. The summed E-state index contributed by atoms with van der Waals surface area (Å²) in [4.78, 5) is 13.0. The van der Waals surface area contributed by atoms with Crippen LogP contribution in [0, 0.1) is 5.92 Å². The van der Waals surface area contributed by atoms with E-state index in [1.807, 2.05) is 6.92 Å². The SMILES string of the molecule is CCN(CCCCC1CCOCC1)C(C)CC(=O)O. The van der Waals surface area contributed by atoms with Gasteiger partial charge in [0.25, 0.3) is 0 Å². The van der Waals surface area contributed by atoms with Crippen LogP contribution in [0.2, 0.25) is 0 Å². The average Bonchev–Trinajstić information content (AvgIpc) is 2.39. The summed E-state index contributed by atoms with van der Waals surface area (Å²) in [6, 6.07) is 0.144. The van der Waals surface area contributed by atoms with Crippen molar-refractivity contribution in [1.29, 1.82) is 0 Å². The van der Waals surface area contributed by atoms with Gasteiger partial charge in [-0.05, 0) is 45.2 Å². The Kier molecular flexibility index (Phi) is 8.07. The minimum Gasteiger partial charge on any atom is -0.481 e. The molecule has 0 amide bonds. The van der Waals surface area contributed by atoms with Crippen molar-refractivity contribution < 1.29 is 14.6 Å². The largest absolute Gasteiger partial charge is 0.481 e. The van der Waals surface area contributed by atoms with Crippen LogP contribution in [0.1, 0.15) is 52.4 Å². The standard InChI is InChI=1S/C15H29NO3/c1-3-16(13(2)12-15(17)18)9-5-4-6-14-7-10-19-11-8-14/h13-14H,3-12H2,1-2H3,(H,17,18). The van der Waals surface area contributed by atoms with E-state index in [0.717, 1.165) is 32.2 Å². The molecule has 1 saturated heterocycles. The quantitative estimate of drug-likeness (QED) is 0.655. The fourth-order valence-corrected chi connectivity index (χ4v) is 2.85. The second kappa shape index (κ2) is 9.32. The van der Waals surface area contributed by atoms with Crippen LogP contribution >= 0.6 is 0 Å². The van der Waals surface area contributed by atoms with Crippen molar-refractivity contribution >= 4 is 5.97 Å². The Hall–Kier alpha value is -0.610. The number of aliphatic carboxylic acids is 1. The number of carboxylic acids is 1. The molecule has 112 valence electrons. The van der Waals surface area contributed by atoms with Crippen LogP contribution in [0.3, 0.4) is 0 Å². The smallest absolute Gasteiger partial charge is 0.304 e. The summed E-state index contributed by atoms with van der Waals surface area (Å²) in [6.07, 6.45) is 6.40. The molecule has 1 heterocycles. The van der Waals surface area contributed by atoms with Gasteiger partial charge < -0.3 is 14.7 Å². The Labute approximate surface area is 117 Å². The number of ether oxygens (including phenoxy) is 1. The van der Waals surface area contributed by atoms with E-state index in [1.54, 1.807) is 0 Å². The molecule has 0 bridgehead atoms. The Morgan fingerprint density at radius 2 is 2.05 bits per heavy atom. The van der Waals surface area contributed by atoms with Crippen LogP contribution < -0.4 is 0 Å². The van der Waals surface area contributed by atoms with Crippen molar-refractivity contribution in [2.24, 2.45) is 5.92 Å². The second-order valence-corrected chi connectivity index (χ2v) is 5.63. The zero-order valence-electron chi connectivity index (χ0n) is 12.4. The molecule has 1 atom stereocenters. The van der Waals surface area contributed by atoms with Gasteiger partial charge in [0.2, 0.25) is 0 Å². The Bertz CT molecular complexity index is 252. The molecule has 1 fully saturated rings. The summed E-state index contributed by atoms with van der Waals surface area (Å²) in [5, 5.41) is 8.83. The van der Waals surface area contributed by atoms with E-state index < -0.39 is 5.97 Å². The summed E-state index contributed by atoms with van der Waals surface area (Å²) in [5.41, 5.74) is 0. The summed E-state index contributed by atoms with van der Waals surface area (Å²) in [7, 11) is 0. The van der Waals surface area contributed by atoms with Gasteiger partial charge in [0.05, 0.1) is 6.42 Å². The monoisotopic (exact) mass is 271 g/mol. The molecule has 1 aliphatic rings. The molecule has 19 heavy (non-hydrogen) atoms. The van der Waals surface area contributed by atoms with Crippen molar-refractivity contribution in [1.82, 2.24) is 4.90 Å². The molecule has 0 aromatic carbocycles. The molecular weight excluding hydrogens is 242 g/mol. The summed E-state index contributed by atoms with van der Waals surface area (Å²) in [6.45, 7) is 7.94. The first kappa shape index (κ1) is 16.4. The molecule has 0 aromatic heterocycles. The molecule has 1 rings (SSSR count). The number of unbranched alkanes of at least 4 members (excludes halogenated alkanes) is 1. The highest BCUT2D eigenvalue weighted by molar-refractivity contribution is 5.67. The van der Waals surface area contributed by atoms with Crippen molar-refractivity contribution in [2.45, 2.75) is 58.4 Å². The van der Waals surface area contributed by atoms with Crippen molar-refractivity contribution in [3.05, 3.63) is 0 Å². The van der Waals surface area contributed by atoms with Crippen LogP contribution in [0.5, 0.6) is 0 Å². The van der Waals surface area contributed by atoms with Crippen LogP contribution in [-0.2, 0) is 9.53 Å². The van der Waals surface area contributed by atoms with Gasteiger partial charge in [-0.15, -0.1) is 0 Å². The molecule has 1 unspecified atom stereocenters. The maximum Gasteiger partial charge on any atom is 0.304 e. The van der Waals surface area contributed by atoms with Gasteiger partial charge >= 0.3 is 5.97 Å².